The fraction of sp³-hybridized carbons (Fsp3) is 0.375. The monoisotopic (exact) mass is 489 g/mol. The second kappa shape index (κ2) is 9.32. The van der Waals surface area contributed by atoms with Crippen LogP contribution >= 0.6 is 13.5 Å². The van der Waals surface area contributed by atoms with Crippen molar-refractivity contribution in [1.29, 1.82) is 0 Å². The van der Waals surface area contributed by atoms with Crippen LogP contribution in [0.5, 0.6) is 0 Å². The molecule has 1 N–H and O–H groups in total. The van der Waals surface area contributed by atoms with E-state index in [0.29, 0.717) is 24.3 Å². The SMILES string of the molecule is Cc1nc(CCc2cnn(Cc3cc(F)c(F)c(F)c3)c2)cc2c1NC(=O)[C@H](C1CC1)N2C.S. The van der Waals surface area contributed by atoms with Gasteiger partial charge in [0, 0.05) is 18.9 Å². The number of fused-ring (bicyclic) bond motifs is 1. The molecule has 0 spiro atoms. The first-order chi connectivity index (χ1) is 15.8. The van der Waals surface area contributed by atoms with E-state index in [1.54, 1.807) is 17.1 Å². The zero-order chi connectivity index (χ0) is 23.3. The summed E-state index contributed by atoms with van der Waals surface area (Å²) in [6.07, 6.45) is 7.03. The minimum atomic E-state index is -1.47. The number of amides is 1. The molecule has 1 aliphatic carbocycles. The molecule has 2 aliphatic rings. The van der Waals surface area contributed by atoms with Gasteiger partial charge in [0.25, 0.3) is 0 Å². The van der Waals surface area contributed by atoms with E-state index >= 15 is 0 Å². The van der Waals surface area contributed by atoms with Crippen molar-refractivity contribution in [2.24, 2.45) is 5.92 Å². The summed E-state index contributed by atoms with van der Waals surface area (Å²) in [6.45, 7) is 2.03. The quantitative estimate of drug-likeness (QED) is 0.530. The van der Waals surface area contributed by atoms with Crippen molar-refractivity contribution in [3.05, 3.63) is 70.6 Å². The van der Waals surface area contributed by atoms with Gasteiger partial charge >= 0.3 is 0 Å². The zero-order valence-corrected chi connectivity index (χ0v) is 19.9. The van der Waals surface area contributed by atoms with Crippen molar-refractivity contribution in [3.8, 4) is 0 Å². The normalized spacial score (nSPS) is 17.3. The second-order valence-corrected chi connectivity index (χ2v) is 8.90. The molecule has 1 aromatic carbocycles. The number of carbonyl (C=O) groups is 1. The molecule has 1 saturated carbocycles. The Kier molecular flexibility index (Phi) is 6.62. The molecule has 3 aromatic rings. The van der Waals surface area contributed by atoms with Gasteiger partial charge in [-0.1, -0.05) is 0 Å². The molecule has 0 saturated heterocycles. The Hall–Kier alpha value is -3.01. The number of hydrogen-bond acceptors (Lipinski definition) is 4. The molecule has 1 amide bonds. The minimum absolute atomic E-state index is 0. The summed E-state index contributed by atoms with van der Waals surface area (Å²) in [5, 5.41) is 7.29. The summed E-state index contributed by atoms with van der Waals surface area (Å²) >= 11 is 0. The number of aromatic nitrogens is 3. The van der Waals surface area contributed by atoms with E-state index in [1.807, 2.05) is 20.0 Å². The van der Waals surface area contributed by atoms with Gasteiger partial charge in [0.15, 0.2) is 17.5 Å². The molecule has 1 atom stereocenters. The predicted octanol–water partition coefficient (Wildman–Crippen LogP) is 4.12. The third-order valence-corrected chi connectivity index (χ3v) is 6.36. The molecule has 6 nitrogen and oxygen atoms in total. The number of anilines is 2. The van der Waals surface area contributed by atoms with Crippen LogP contribution in [0.1, 0.15) is 35.4 Å². The molecule has 3 heterocycles. The lowest BCUT2D eigenvalue weighted by Crippen LogP contribution is -2.47. The molecule has 0 unspecified atom stereocenters. The highest BCUT2D eigenvalue weighted by Crippen LogP contribution is 2.42. The first-order valence-electron chi connectivity index (χ1n) is 11.0. The lowest BCUT2D eigenvalue weighted by molar-refractivity contribution is -0.118. The number of rotatable bonds is 6. The summed E-state index contributed by atoms with van der Waals surface area (Å²) in [7, 11) is 1.97. The third kappa shape index (κ3) is 4.64. The second-order valence-electron chi connectivity index (χ2n) is 8.90. The summed E-state index contributed by atoms with van der Waals surface area (Å²) in [6, 6.07) is 3.85. The number of benzene rings is 1. The Morgan fingerprint density at radius 2 is 1.79 bits per heavy atom. The lowest BCUT2D eigenvalue weighted by atomic mass is 10.0. The molecule has 34 heavy (non-hydrogen) atoms. The standard InChI is InChI=1S/C24H24F3N5O.H2S/c1-13-22-20(31(2)23(16-4-5-16)24(33)30-22)9-17(29-13)6-3-14-10-28-32(11-14)12-15-7-18(25)21(27)19(26)8-15;/h7-11,16,23H,3-6,12H2,1-2H3,(H,30,33);1H2/t23-;/m0./s1. The van der Waals surface area contributed by atoms with Crippen molar-refractivity contribution in [1.82, 2.24) is 14.8 Å². The molecule has 2 aromatic heterocycles. The number of hydrogen-bond donors (Lipinski definition) is 1. The van der Waals surface area contributed by atoms with Gasteiger partial charge in [-0.25, -0.2) is 13.2 Å². The summed E-state index contributed by atoms with van der Waals surface area (Å²) in [4.78, 5) is 19.3. The first-order valence-corrected chi connectivity index (χ1v) is 11.0. The van der Waals surface area contributed by atoms with Crippen molar-refractivity contribution in [3.63, 3.8) is 0 Å². The number of nitrogens with one attached hydrogen (secondary N) is 1. The fourth-order valence-corrected chi connectivity index (χ4v) is 4.53. The van der Waals surface area contributed by atoms with Crippen molar-refractivity contribution < 1.29 is 18.0 Å². The predicted molar refractivity (Wildman–Crippen MR) is 128 cm³/mol. The van der Waals surface area contributed by atoms with E-state index < -0.39 is 17.5 Å². The van der Waals surface area contributed by atoms with Crippen LogP contribution in [-0.4, -0.2) is 33.8 Å². The maximum Gasteiger partial charge on any atom is 0.247 e. The van der Waals surface area contributed by atoms with Crippen molar-refractivity contribution >= 4 is 30.8 Å². The number of likely N-dealkylation sites (N-methyl/N-ethyl adjacent to an activating group) is 1. The number of carbonyl (C=O) groups excluding carboxylic acids is 1. The van der Waals surface area contributed by atoms with E-state index in [0.717, 1.165) is 53.3 Å². The zero-order valence-electron chi connectivity index (χ0n) is 18.9. The molecule has 10 heteroatoms. The van der Waals surface area contributed by atoms with Crippen LogP contribution in [0.25, 0.3) is 0 Å². The highest BCUT2D eigenvalue weighted by Gasteiger charge is 2.42. The molecule has 1 aliphatic heterocycles. The van der Waals surface area contributed by atoms with Gasteiger partial charge in [0.1, 0.15) is 6.04 Å². The maximum atomic E-state index is 13.5. The Morgan fingerprint density at radius 1 is 1.09 bits per heavy atom. The average Bonchev–Trinajstić information content (AvgIpc) is 3.50. The van der Waals surface area contributed by atoms with Gasteiger partial charge in [0.2, 0.25) is 5.91 Å². The van der Waals surface area contributed by atoms with Crippen LogP contribution in [0.15, 0.2) is 30.6 Å². The fourth-order valence-electron chi connectivity index (χ4n) is 4.53. The van der Waals surface area contributed by atoms with Crippen molar-refractivity contribution in [2.75, 3.05) is 17.3 Å². The number of halogens is 3. The molecule has 180 valence electrons. The average molecular weight is 490 g/mol. The van der Waals surface area contributed by atoms with E-state index in [4.69, 9.17) is 0 Å². The summed E-state index contributed by atoms with van der Waals surface area (Å²) < 4.78 is 41.6. The molecule has 5 rings (SSSR count). The van der Waals surface area contributed by atoms with Crippen LogP contribution in [0.4, 0.5) is 24.5 Å². The molecule has 1 fully saturated rings. The Balaban J connectivity index is 0.00000274. The Bertz CT molecular complexity index is 1220. The Labute approximate surface area is 202 Å². The van der Waals surface area contributed by atoms with Gasteiger partial charge < -0.3 is 10.2 Å². The number of nitrogens with zero attached hydrogens (tertiary/aromatic N) is 4. The van der Waals surface area contributed by atoms with Crippen LogP contribution in [0.3, 0.4) is 0 Å². The van der Waals surface area contributed by atoms with Crippen LogP contribution in [-0.2, 0) is 24.2 Å². The van der Waals surface area contributed by atoms with Gasteiger partial charge in [-0.05, 0) is 67.9 Å². The maximum absolute atomic E-state index is 13.5. The van der Waals surface area contributed by atoms with E-state index in [-0.39, 0.29) is 32.0 Å². The van der Waals surface area contributed by atoms with Crippen molar-refractivity contribution in [2.45, 2.75) is 45.2 Å². The highest BCUT2D eigenvalue weighted by atomic mass is 32.1. The smallest absolute Gasteiger partial charge is 0.247 e. The van der Waals surface area contributed by atoms with E-state index in [1.165, 1.54) is 0 Å². The summed E-state index contributed by atoms with van der Waals surface area (Å²) in [5.74, 6) is -3.44. The molecule has 0 bridgehead atoms. The van der Waals surface area contributed by atoms with Gasteiger partial charge in [-0.3, -0.25) is 14.5 Å². The lowest BCUT2D eigenvalue weighted by Gasteiger charge is -2.36. The highest BCUT2D eigenvalue weighted by molar-refractivity contribution is 7.59. The van der Waals surface area contributed by atoms with Gasteiger partial charge in [-0.2, -0.15) is 18.6 Å². The third-order valence-electron chi connectivity index (χ3n) is 6.36. The van der Waals surface area contributed by atoms with Crippen LogP contribution in [0, 0.1) is 30.3 Å². The number of aryl methyl sites for hydroxylation is 3. The molecule has 0 radical (unpaired) electrons. The van der Waals surface area contributed by atoms with Crippen LogP contribution < -0.4 is 10.2 Å². The van der Waals surface area contributed by atoms with Gasteiger partial charge in [-0.15, -0.1) is 0 Å². The molecular weight excluding hydrogens is 463 g/mol. The minimum Gasteiger partial charge on any atom is -0.361 e. The Morgan fingerprint density at radius 3 is 2.47 bits per heavy atom. The largest absolute Gasteiger partial charge is 0.361 e. The first kappa shape index (κ1) is 24.1. The van der Waals surface area contributed by atoms with E-state index in [9.17, 15) is 18.0 Å². The number of pyridine rings is 1. The topological polar surface area (TPSA) is 63.1 Å². The summed E-state index contributed by atoms with van der Waals surface area (Å²) in [5.41, 5.74) is 4.71. The van der Waals surface area contributed by atoms with Gasteiger partial charge in [0.05, 0.1) is 29.8 Å². The molecular formula is C24H26F3N5OS. The van der Waals surface area contributed by atoms with Crippen LogP contribution in [0.2, 0.25) is 0 Å². The van der Waals surface area contributed by atoms with E-state index in [2.05, 4.69) is 20.3 Å².